The average Bonchev–Trinajstić information content (AvgIpc) is 2.77. The zero-order chi connectivity index (χ0) is 14.0. The second-order valence-electron chi connectivity index (χ2n) is 3.62. The molecule has 0 aliphatic heterocycles. The Morgan fingerprint density at radius 3 is 2.89 bits per heavy atom. The third-order valence-corrected chi connectivity index (χ3v) is 3.25. The van der Waals surface area contributed by atoms with Crippen LogP contribution in [0.4, 0.5) is 0 Å². The third-order valence-electron chi connectivity index (χ3n) is 2.36. The number of esters is 1. The van der Waals surface area contributed by atoms with Crippen molar-refractivity contribution in [2.24, 2.45) is 0 Å². The van der Waals surface area contributed by atoms with Crippen LogP contribution in [0, 0.1) is 0 Å². The molecule has 0 aliphatic carbocycles. The van der Waals surface area contributed by atoms with Gasteiger partial charge in [0.05, 0.1) is 23.9 Å². The molecule has 19 heavy (non-hydrogen) atoms. The number of hydrogen-bond acceptors (Lipinski definition) is 6. The summed E-state index contributed by atoms with van der Waals surface area (Å²) in [6, 6.07) is 0. The number of hydrogen-bond donors (Lipinski definition) is 1. The van der Waals surface area contributed by atoms with Crippen molar-refractivity contribution in [2.75, 3.05) is 6.61 Å². The number of rotatable bonds is 4. The Morgan fingerprint density at radius 2 is 2.26 bits per heavy atom. The molecular weight excluding hydrogens is 272 g/mol. The standard InChI is InChI=1S/C11H10N2O5S/c1-2-18-11(17)6-4-19-9-8(6)10(16)13(5-12-9)3-7(14)15/h4-5H,2-3H2,1H3,(H,14,15). The molecule has 0 radical (unpaired) electrons. The quantitative estimate of drug-likeness (QED) is 0.830. The molecule has 0 saturated carbocycles. The molecule has 7 nitrogen and oxygen atoms in total. The van der Waals surface area contributed by atoms with Crippen LogP contribution in [0.3, 0.4) is 0 Å². The number of carboxylic acids is 1. The van der Waals surface area contributed by atoms with Crippen molar-refractivity contribution in [1.82, 2.24) is 9.55 Å². The van der Waals surface area contributed by atoms with Crippen molar-refractivity contribution < 1.29 is 19.4 Å². The van der Waals surface area contributed by atoms with Gasteiger partial charge in [0.2, 0.25) is 0 Å². The summed E-state index contributed by atoms with van der Waals surface area (Å²) in [5.74, 6) is -1.77. The van der Waals surface area contributed by atoms with E-state index in [-0.39, 0.29) is 17.6 Å². The van der Waals surface area contributed by atoms with Gasteiger partial charge in [0.15, 0.2) is 0 Å². The maximum Gasteiger partial charge on any atom is 0.339 e. The van der Waals surface area contributed by atoms with Crippen molar-refractivity contribution in [3.8, 4) is 0 Å². The molecule has 0 saturated heterocycles. The maximum absolute atomic E-state index is 12.1. The molecule has 100 valence electrons. The van der Waals surface area contributed by atoms with Crippen LogP contribution in [-0.2, 0) is 16.1 Å². The van der Waals surface area contributed by atoms with E-state index >= 15 is 0 Å². The van der Waals surface area contributed by atoms with Crippen molar-refractivity contribution in [2.45, 2.75) is 13.5 Å². The predicted molar refractivity (Wildman–Crippen MR) is 67.5 cm³/mol. The monoisotopic (exact) mass is 282 g/mol. The van der Waals surface area contributed by atoms with Gasteiger partial charge >= 0.3 is 11.9 Å². The van der Waals surface area contributed by atoms with Crippen LogP contribution >= 0.6 is 11.3 Å². The lowest BCUT2D eigenvalue weighted by atomic mass is 10.2. The first kappa shape index (κ1) is 13.2. The van der Waals surface area contributed by atoms with Gasteiger partial charge < -0.3 is 9.84 Å². The van der Waals surface area contributed by atoms with E-state index in [9.17, 15) is 14.4 Å². The summed E-state index contributed by atoms with van der Waals surface area (Å²) in [7, 11) is 0. The second-order valence-corrected chi connectivity index (χ2v) is 4.48. The minimum atomic E-state index is -1.16. The van der Waals surface area contributed by atoms with Gasteiger partial charge in [-0.15, -0.1) is 11.3 Å². The first-order valence-electron chi connectivity index (χ1n) is 5.40. The zero-order valence-electron chi connectivity index (χ0n) is 9.95. The van der Waals surface area contributed by atoms with Gasteiger partial charge in [-0.05, 0) is 6.92 Å². The smallest absolute Gasteiger partial charge is 0.339 e. The fourth-order valence-corrected chi connectivity index (χ4v) is 2.45. The van der Waals surface area contributed by atoms with E-state index < -0.39 is 24.0 Å². The number of carbonyl (C=O) groups is 2. The second kappa shape index (κ2) is 5.19. The molecular formula is C11H10N2O5S. The number of thiophene rings is 1. The summed E-state index contributed by atoms with van der Waals surface area (Å²) in [6.45, 7) is 1.35. The fraction of sp³-hybridized carbons (Fsp3) is 0.273. The van der Waals surface area contributed by atoms with Crippen LogP contribution in [0.5, 0.6) is 0 Å². The third kappa shape index (κ3) is 2.48. The first-order valence-corrected chi connectivity index (χ1v) is 6.28. The van der Waals surface area contributed by atoms with Crippen molar-refractivity contribution in [1.29, 1.82) is 0 Å². The number of carboxylic acid groups (broad SMARTS) is 1. The lowest BCUT2D eigenvalue weighted by molar-refractivity contribution is -0.137. The van der Waals surface area contributed by atoms with Crippen LogP contribution in [0.2, 0.25) is 0 Å². The lowest BCUT2D eigenvalue weighted by Gasteiger charge is -2.02. The van der Waals surface area contributed by atoms with Gasteiger partial charge in [-0.1, -0.05) is 0 Å². The number of aromatic nitrogens is 2. The molecule has 2 heterocycles. The van der Waals surface area contributed by atoms with Crippen LogP contribution < -0.4 is 5.56 Å². The van der Waals surface area contributed by atoms with Gasteiger partial charge in [-0.3, -0.25) is 14.2 Å². The van der Waals surface area contributed by atoms with E-state index in [1.165, 1.54) is 5.38 Å². The van der Waals surface area contributed by atoms with Gasteiger partial charge in [0, 0.05) is 5.38 Å². The highest BCUT2D eigenvalue weighted by Gasteiger charge is 2.18. The van der Waals surface area contributed by atoms with E-state index in [1.807, 2.05) is 0 Å². The maximum atomic E-state index is 12.1. The highest BCUT2D eigenvalue weighted by atomic mass is 32.1. The molecule has 0 aliphatic rings. The van der Waals surface area contributed by atoms with Crippen molar-refractivity contribution >= 4 is 33.5 Å². The summed E-state index contributed by atoms with van der Waals surface area (Å²) in [6.07, 6.45) is 1.16. The molecule has 0 unspecified atom stereocenters. The molecule has 2 aromatic rings. The Kier molecular flexibility index (Phi) is 3.61. The van der Waals surface area contributed by atoms with E-state index in [2.05, 4.69) is 4.98 Å². The molecule has 0 atom stereocenters. The molecule has 0 spiro atoms. The predicted octanol–water partition coefficient (Wildman–Crippen LogP) is 0.719. The Labute approximate surface area is 111 Å². The van der Waals surface area contributed by atoms with E-state index in [0.717, 1.165) is 22.2 Å². The number of ether oxygens (including phenoxy) is 1. The minimum absolute atomic E-state index is 0.104. The van der Waals surface area contributed by atoms with E-state index in [0.29, 0.717) is 4.83 Å². The summed E-state index contributed by atoms with van der Waals surface area (Å²) in [5, 5.41) is 10.3. The Balaban J connectivity index is 2.59. The van der Waals surface area contributed by atoms with Gasteiger partial charge in [-0.25, -0.2) is 9.78 Å². The first-order chi connectivity index (χ1) is 9.04. The summed E-state index contributed by atoms with van der Waals surface area (Å²) >= 11 is 1.14. The lowest BCUT2D eigenvalue weighted by Crippen LogP contribution is -2.25. The van der Waals surface area contributed by atoms with Gasteiger partial charge in [0.25, 0.3) is 5.56 Å². The number of nitrogens with zero attached hydrogens (tertiary/aromatic N) is 2. The summed E-state index contributed by atoms with van der Waals surface area (Å²) in [5.41, 5.74) is -0.434. The van der Waals surface area contributed by atoms with Crippen LogP contribution in [0.1, 0.15) is 17.3 Å². The van der Waals surface area contributed by atoms with Gasteiger partial charge in [-0.2, -0.15) is 0 Å². The Morgan fingerprint density at radius 1 is 1.53 bits per heavy atom. The molecule has 1 N–H and O–H groups in total. The molecule has 2 rings (SSSR count). The molecule has 0 fully saturated rings. The molecule has 0 amide bonds. The molecule has 0 aromatic carbocycles. The van der Waals surface area contributed by atoms with Crippen LogP contribution in [-0.4, -0.2) is 33.2 Å². The number of fused-ring (bicyclic) bond motifs is 1. The largest absolute Gasteiger partial charge is 0.480 e. The Bertz CT molecular complexity index is 703. The SMILES string of the molecule is CCOC(=O)c1csc2ncn(CC(=O)O)c(=O)c12. The zero-order valence-corrected chi connectivity index (χ0v) is 10.8. The normalized spacial score (nSPS) is 10.6. The fourth-order valence-electron chi connectivity index (χ4n) is 1.59. The number of carbonyl (C=O) groups excluding carboxylic acids is 1. The van der Waals surface area contributed by atoms with E-state index in [1.54, 1.807) is 6.92 Å². The summed E-state index contributed by atoms with van der Waals surface area (Å²) in [4.78, 5) is 38.8. The molecule has 8 heteroatoms. The van der Waals surface area contributed by atoms with Crippen LogP contribution in [0.25, 0.3) is 10.2 Å². The minimum Gasteiger partial charge on any atom is -0.480 e. The van der Waals surface area contributed by atoms with E-state index in [4.69, 9.17) is 9.84 Å². The van der Waals surface area contributed by atoms with Crippen molar-refractivity contribution in [3.63, 3.8) is 0 Å². The summed E-state index contributed by atoms with van der Waals surface area (Å²) < 4.78 is 5.79. The van der Waals surface area contributed by atoms with Crippen molar-refractivity contribution in [3.05, 3.63) is 27.6 Å². The highest BCUT2D eigenvalue weighted by molar-refractivity contribution is 7.17. The van der Waals surface area contributed by atoms with Gasteiger partial charge in [0.1, 0.15) is 11.4 Å². The average molecular weight is 282 g/mol. The highest BCUT2D eigenvalue weighted by Crippen LogP contribution is 2.21. The van der Waals surface area contributed by atoms with Crippen LogP contribution in [0.15, 0.2) is 16.5 Å². The Hall–Kier alpha value is -2.22. The number of aliphatic carboxylic acids is 1. The molecule has 2 aromatic heterocycles. The molecule has 0 bridgehead atoms. The topological polar surface area (TPSA) is 98.5 Å².